The van der Waals surface area contributed by atoms with Crippen LogP contribution in [0.4, 0.5) is 5.69 Å². The molecular formula is C23H26N2. The lowest BCUT2D eigenvalue weighted by atomic mass is 10.00. The number of fused-ring (bicyclic) bond motifs is 1. The second-order valence-electron chi connectivity index (χ2n) is 7.13. The van der Waals surface area contributed by atoms with E-state index in [0.29, 0.717) is 6.04 Å². The summed E-state index contributed by atoms with van der Waals surface area (Å²) in [6, 6.07) is 20.3. The van der Waals surface area contributed by atoms with E-state index in [1.807, 2.05) is 0 Å². The second kappa shape index (κ2) is 6.87. The number of aromatic nitrogens is 1. The predicted molar refractivity (Wildman–Crippen MR) is 107 cm³/mol. The maximum atomic E-state index is 4.95. The number of nitrogens with zero attached hydrogens (tertiary/aromatic N) is 2. The zero-order valence-corrected chi connectivity index (χ0v) is 15.2. The fourth-order valence-electron chi connectivity index (χ4n) is 3.91. The van der Waals surface area contributed by atoms with Crippen molar-refractivity contribution >= 4 is 16.6 Å². The summed E-state index contributed by atoms with van der Waals surface area (Å²) in [6.07, 6.45) is 4.96. The van der Waals surface area contributed by atoms with Gasteiger partial charge in [-0.2, -0.15) is 0 Å². The number of pyridine rings is 1. The Morgan fingerprint density at radius 1 is 1.04 bits per heavy atom. The Kier molecular flexibility index (Phi) is 4.44. The zero-order chi connectivity index (χ0) is 17.2. The number of anilines is 1. The molecule has 3 aromatic rings. The summed E-state index contributed by atoms with van der Waals surface area (Å²) in [5.74, 6) is 0. The van der Waals surface area contributed by atoms with E-state index in [-0.39, 0.29) is 0 Å². The van der Waals surface area contributed by atoms with Crippen molar-refractivity contribution in [1.29, 1.82) is 0 Å². The Labute approximate surface area is 150 Å². The summed E-state index contributed by atoms with van der Waals surface area (Å²) in [7, 11) is 0. The van der Waals surface area contributed by atoms with Crippen LogP contribution in [-0.2, 0) is 6.42 Å². The molecule has 1 atom stereocenters. The summed E-state index contributed by atoms with van der Waals surface area (Å²) in [5.41, 5.74) is 6.08. The normalized spacial score (nSPS) is 17.8. The Morgan fingerprint density at radius 2 is 1.84 bits per heavy atom. The quantitative estimate of drug-likeness (QED) is 0.599. The van der Waals surface area contributed by atoms with Crippen LogP contribution in [0.2, 0.25) is 0 Å². The van der Waals surface area contributed by atoms with Gasteiger partial charge in [0.25, 0.3) is 0 Å². The van der Waals surface area contributed by atoms with Crippen molar-refractivity contribution < 1.29 is 0 Å². The monoisotopic (exact) mass is 330 g/mol. The molecule has 25 heavy (non-hydrogen) atoms. The van der Waals surface area contributed by atoms with E-state index in [2.05, 4.69) is 73.3 Å². The number of aryl methyl sites for hydroxylation is 1. The molecule has 2 aromatic carbocycles. The molecule has 1 saturated heterocycles. The molecule has 2 nitrogen and oxygen atoms in total. The third-order valence-corrected chi connectivity index (χ3v) is 5.46. The zero-order valence-electron chi connectivity index (χ0n) is 15.2. The standard InChI is InChI=1S/C23H26N2/c1-3-18-11-13-19(14-12-18)22-16-23(25-15-7-6-8-17(25)2)20-9-4-5-10-21(20)24-22/h4-5,9-14,16-17H,3,6-8,15H2,1-2H3. The molecule has 0 amide bonds. The highest BCUT2D eigenvalue weighted by atomic mass is 15.2. The molecule has 1 fully saturated rings. The van der Waals surface area contributed by atoms with Gasteiger partial charge in [0.1, 0.15) is 0 Å². The third-order valence-electron chi connectivity index (χ3n) is 5.46. The van der Waals surface area contributed by atoms with Crippen molar-refractivity contribution in [3.8, 4) is 11.3 Å². The lowest BCUT2D eigenvalue weighted by Gasteiger charge is -2.36. The van der Waals surface area contributed by atoms with Gasteiger partial charge in [-0.1, -0.05) is 49.4 Å². The average Bonchev–Trinajstić information content (AvgIpc) is 2.68. The van der Waals surface area contributed by atoms with Crippen LogP contribution >= 0.6 is 0 Å². The second-order valence-corrected chi connectivity index (χ2v) is 7.13. The first kappa shape index (κ1) is 16.1. The molecular weight excluding hydrogens is 304 g/mol. The maximum absolute atomic E-state index is 4.95. The number of rotatable bonds is 3. The first-order valence-corrected chi connectivity index (χ1v) is 9.52. The molecule has 2 heteroatoms. The summed E-state index contributed by atoms with van der Waals surface area (Å²) >= 11 is 0. The van der Waals surface area contributed by atoms with Crippen LogP contribution in [0.1, 0.15) is 38.7 Å². The van der Waals surface area contributed by atoms with Gasteiger partial charge in [-0.15, -0.1) is 0 Å². The lowest BCUT2D eigenvalue weighted by molar-refractivity contribution is 0.486. The fraction of sp³-hybridized carbons (Fsp3) is 0.348. The molecule has 0 aliphatic carbocycles. The number of hydrogen-bond acceptors (Lipinski definition) is 2. The number of para-hydroxylation sites is 1. The van der Waals surface area contributed by atoms with Gasteiger partial charge < -0.3 is 4.90 Å². The Balaban J connectivity index is 1.85. The largest absolute Gasteiger partial charge is 0.368 e. The number of benzene rings is 2. The number of hydrogen-bond donors (Lipinski definition) is 0. The number of piperidine rings is 1. The van der Waals surface area contributed by atoms with Crippen LogP contribution < -0.4 is 4.90 Å². The molecule has 0 bridgehead atoms. The summed E-state index contributed by atoms with van der Waals surface area (Å²) in [5, 5.41) is 1.27. The lowest BCUT2D eigenvalue weighted by Crippen LogP contribution is -2.37. The molecule has 1 aliphatic heterocycles. The van der Waals surface area contributed by atoms with E-state index in [9.17, 15) is 0 Å². The minimum absolute atomic E-state index is 0.592. The minimum Gasteiger partial charge on any atom is -0.368 e. The fourth-order valence-corrected chi connectivity index (χ4v) is 3.91. The SMILES string of the molecule is CCc1ccc(-c2cc(N3CCCCC3C)c3ccccc3n2)cc1. The van der Waals surface area contributed by atoms with Crippen LogP contribution in [0.15, 0.2) is 54.6 Å². The molecule has 1 unspecified atom stereocenters. The van der Waals surface area contributed by atoms with E-state index in [1.165, 1.54) is 41.5 Å². The van der Waals surface area contributed by atoms with Crippen LogP contribution in [0.3, 0.4) is 0 Å². The highest BCUT2D eigenvalue weighted by Crippen LogP contribution is 2.34. The molecule has 4 rings (SSSR count). The summed E-state index contributed by atoms with van der Waals surface area (Å²) < 4.78 is 0. The highest BCUT2D eigenvalue weighted by molar-refractivity contribution is 5.94. The van der Waals surface area contributed by atoms with Gasteiger partial charge >= 0.3 is 0 Å². The maximum Gasteiger partial charge on any atom is 0.0730 e. The van der Waals surface area contributed by atoms with Crippen molar-refractivity contribution in [2.75, 3.05) is 11.4 Å². The van der Waals surface area contributed by atoms with E-state index in [4.69, 9.17) is 4.98 Å². The van der Waals surface area contributed by atoms with Gasteiger partial charge in [0.15, 0.2) is 0 Å². The van der Waals surface area contributed by atoms with E-state index < -0.39 is 0 Å². The predicted octanol–water partition coefficient (Wildman–Crippen LogP) is 5.84. The summed E-state index contributed by atoms with van der Waals surface area (Å²) in [6.45, 7) is 5.69. The van der Waals surface area contributed by atoms with E-state index in [1.54, 1.807) is 0 Å². The molecule has 2 heterocycles. The van der Waals surface area contributed by atoms with Gasteiger partial charge in [-0.25, -0.2) is 4.98 Å². The van der Waals surface area contributed by atoms with E-state index >= 15 is 0 Å². The van der Waals surface area contributed by atoms with Crippen molar-refractivity contribution in [3.63, 3.8) is 0 Å². The summed E-state index contributed by atoms with van der Waals surface area (Å²) in [4.78, 5) is 7.54. The topological polar surface area (TPSA) is 16.1 Å². The molecule has 1 aromatic heterocycles. The van der Waals surface area contributed by atoms with Crippen LogP contribution in [-0.4, -0.2) is 17.6 Å². The highest BCUT2D eigenvalue weighted by Gasteiger charge is 2.21. The molecule has 0 saturated carbocycles. The van der Waals surface area contributed by atoms with Gasteiger partial charge in [-0.3, -0.25) is 0 Å². The third kappa shape index (κ3) is 3.13. The Hall–Kier alpha value is -2.35. The molecule has 0 spiro atoms. The smallest absolute Gasteiger partial charge is 0.0730 e. The minimum atomic E-state index is 0.592. The molecule has 0 N–H and O–H groups in total. The van der Waals surface area contributed by atoms with Crippen molar-refractivity contribution in [3.05, 3.63) is 60.2 Å². The molecule has 1 aliphatic rings. The van der Waals surface area contributed by atoms with Crippen molar-refractivity contribution in [2.24, 2.45) is 0 Å². The first-order chi connectivity index (χ1) is 12.3. The van der Waals surface area contributed by atoms with Crippen LogP contribution in [0.25, 0.3) is 22.2 Å². The Bertz CT molecular complexity index is 867. The van der Waals surface area contributed by atoms with Gasteiger partial charge in [-0.05, 0) is 50.3 Å². The van der Waals surface area contributed by atoms with Gasteiger partial charge in [0.2, 0.25) is 0 Å². The molecule has 0 radical (unpaired) electrons. The average molecular weight is 330 g/mol. The van der Waals surface area contributed by atoms with Crippen LogP contribution in [0, 0.1) is 0 Å². The van der Waals surface area contributed by atoms with Gasteiger partial charge in [0.05, 0.1) is 11.2 Å². The first-order valence-electron chi connectivity index (χ1n) is 9.52. The van der Waals surface area contributed by atoms with Gasteiger partial charge in [0, 0.05) is 29.2 Å². The van der Waals surface area contributed by atoms with E-state index in [0.717, 1.165) is 24.2 Å². The Morgan fingerprint density at radius 3 is 2.60 bits per heavy atom. The van der Waals surface area contributed by atoms with Crippen LogP contribution in [0.5, 0.6) is 0 Å². The van der Waals surface area contributed by atoms with Crippen molar-refractivity contribution in [1.82, 2.24) is 4.98 Å². The van der Waals surface area contributed by atoms with Crippen molar-refractivity contribution in [2.45, 2.75) is 45.6 Å². The molecule has 128 valence electrons.